The fraction of sp³-hybridized carbons (Fsp3) is 0.500. The molecule has 0 spiro atoms. The van der Waals surface area contributed by atoms with Crippen LogP contribution in [0.4, 0.5) is 13.2 Å². The number of fused-ring (bicyclic) bond motifs is 1. The van der Waals surface area contributed by atoms with Crippen LogP contribution in [0, 0.1) is 0 Å². The van der Waals surface area contributed by atoms with E-state index in [1.54, 1.807) is 0 Å². The molecule has 0 radical (unpaired) electrons. The van der Waals surface area contributed by atoms with E-state index in [0.717, 1.165) is 37.0 Å². The van der Waals surface area contributed by atoms with Crippen molar-refractivity contribution >= 4 is 27.5 Å². The molecule has 1 aliphatic carbocycles. The highest BCUT2D eigenvalue weighted by Gasteiger charge is 2.31. The first-order valence-electron chi connectivity index (χ1n) is 7.88. The number of carbonyl (C=O) groups excluding carboxylic acids is 1. The molecule has 1 aliphatic rings. The van der Waals surface area contributed by atoms with Crippen molar-refractivity contribution < 1.29 is 22.7 Å². The van der Waals surface area contributed by atoms with Crippen molar-refractivity contribution in [1.82, 2.24) is 10.3 Å². The minimum Gasteiger partial charge on any atom is -0.406 e. The summed E-state index contributed by atoms with van der Waals surface area (Å²) in [5.74, 6) is -0.573. The van der Waals surface area contributed by atoms with Crippen molar-refractivity contribution in [2.24, 2.45) is 0 Å². The summed E-state index contributed by atoms with van der Waals surface area (Å²) in [5.41, 5.74) is 0.487. The number of benzene rings is 1. The average molecular weight is 358 g/mol. The SMILES string of the molecule is O=C(NC1CCCCCC1)c1nc2ccc(OC(F)(F)F)cc2s1. The maximum Gasteiger partial charge on any atom is 0.573 e. The fourth-order valence-corrected chi connectivity index (χ4v) is 3.77. The van der Waals surface area contributed by atoms with E-state index in [1.165, 1.54) is 31.0 Å². The molecule has 0 bridgehead atoms. The van der Waals surface area contributed by atoms with Gasteiger partial charge in [0.2, 0.25) is 0 Å². The Kier molecular flexibility index (Phi) is 4.93. The van der Waals surface area contributed by atoms with Gasteiger partial charge in [0.25, 0.3) is 5.91 Å². The zero-order valence-corrected chi connectivity index (χ0v) is 13.7. The van der Waals surface area contributed by atoms with E-state index < -0.39 is 6.36 Å². The lowest BCUT2D eigenvalue weighted by Gasteiger charge is -2.14. The molecule has 0 saturated heterocycles. The number of rotatable bonds is 3. The van der Waals surface area contributed by atoms with Gasteiger partial charge in [-0.15, -0.1) is 24.5 Å². The van der Waals surface area contributed by atoms with Crippen LogP contribution in [0.5, 0.6) is 5.75 Å². The summed E-state index contributed by atoms with van der Waals surface area (Å²) in [6.07, 6.45) is 1.76. The number of ether oxygens (including phenoxy) is 1. The lowest BCUT2D eigenvalue weighted by atomic mass is 10.1. The second kappa shape index (κ2) is 6.96. The summed E-state index contributed by atoms with van der Waals surface area (Å²) in [6.45, 7) is 0. The molecule has 3 rings (SSSR count). The summed E-state index contributed by atoms with van der Waals surface area (Å²) in [5, 5.41) is 3.25. The van der Waals surface area contributed by atoms with Gasteiger partial charge >= 0.3 is 6.36 Å². The van der Waals surface area contributed by atoms with Crippen LogP contribution in [-0.2, 0) is 0 Å². The quantitative estimate of drug-likeness (QED) is 0.813. The standard InChI is InChI=1S/C16H17F3N2O2S/c17-16(18,19)23-11-7-8-12-13(9-11)24-15(21-12)14(22)20-10-5-3-1-2-4-6-10/h7-10H,1-6H2,(H,20,22). The third-order valence-electron chi connectivity index (χ3n) is 3.98. The molecular weight excluding hydrogens is 341 g/mol. The Morgan fingerprint density at radius 3 is 2.58 bits per heavy atom. The maximum atomic E-state index is 12.3. The number of thiazole rings is 1. The molecule has 0 aliphatic heterocycles. The van der Waals surface area contributed by atoms with Gasteiger partial charge in [-0.05, 0) is 31.0 Å². The van der Waals surface area contributed by atoms with Crippen LogP contribution in [0.1, 0.15) is 48.3 Å². The number of nitrogens with one attached hydrogen (secondary N) is 1. The smallest absolute Gasteiger partial charge is 0.406 e. The molecule has 130 valence electrons. The zero-order chi connectivity index (χ0) is 17.2. The monoisotopic (exact) mass is 358 g/mol. The van der Waals surface area contributed by atoms with Crippen LogP contribution in [-0.4, -0.2) is 23.3 Å². The van der Waals surface area contributed by atoms with Crippen molar-refractivity contribution in [3.8, 4) is 5.75 Å². The molecule has 24 heavy (non-hydrogen) atoms. The summed E-state index contributed by atoms with van der Waals surface area (Å²) in [4.78, 5) is 16.5. The first-order valence-corrected chi connectivity index (χ1v) is 8.69. The number of nitrogens with zero attached hydrogens (tertiary/aromatic N) is 1. The van der Waals surface area contributed by atoms with Gasteiger partial charge in [-0.25, -0.2) is 4.98 Å². The largest absolute Gasteiger partial charge is 0.573 e. The third kappa shape index (κ3) is 4.37. The van der Waals surface area contributed by atoms with Gasteiger partial charge in [0.15, 0.2) is 5.01 Å². The summed E-state index contributed by atoms with van der Waals surface area (Å²) < 4.78 is 41.2. The number of alkyl halides is 3. The molecule has 0 atom stereocenters. The Balaban J connectivity index is 1.73. The van der Waals surface area contributed by atoms with E-state index in [9.17, 15) is 18.0 Å². The van der Waals surface area contributed by atoms with Crippen molar-refractivity contribution in [2.45, 2.75) is 50.9 Å². The van der Waals surface area contributed by atoms with E-state index >= 15 is 0 Å². The molecule has 1 saturated carbocycles. The molecule has 1 aromatic carbocycles. The van der Waals surface area contributed by atoms with E-state index in [0.29, 0.717) is 10.2 Å². The molecule has 4 nitrogen and oxygen atoms in total. The molecular formula is C16H17F3N2O2S. The van der Waals surface area contributed by atoms with E-state index in [4.69, 9.17) is 0 Å². The lowest BCUT2D eigenvalue weighted by Crippen LogP contribution is -2.34. The van der Waals surface area contributed by atoms with Crippen molar-refractivity contribution in [3.05, 3.63) is 23.2 Å². The molecule has 1 aromatic heterocycles. The molecule has 1 N–H and O–H groups in total. The first-order chi connectivity index (χ1) is 11.4. The van der Waals surface area contributed by atoms with Crippen molar-refractivity contribution in [3.63, 3.8) is 0 Å². The van der Waals surface area contributed by atoms with Gasteiger partial charge in [-0.3, -0.25) is 4.79 Å². The normalized spacial score (nSPS) is 16.8. The summed E-state index contributed by atoms with van der Waals surface area (Å²) in [7, 11) is 0. The molecule has 1 heterocycles. The highest BCUT2D eigenvalue weighted by Crippen LogP contribution is 2.30. The number of hydrogen-bond acceptors (Lipinski definition) is 4. The molecule has 0 unspecified atom stereocenters. The predicted octanol–water partition coefficient (Wildman–Crippen LogP) is 4.65. The number of amides is 1. The summed E-state index contributed by atoms with van der Waals surface area (Å²) in [6, 6.07) is 4.02. The highest BCUT2D eigenvalue weighted by atomic mass is 32.1. The first kappa shape index (κ1) is 17.0. The van der Waals surface area contributed by atoms with Gasteiger partial charge in [-0.1, -0.05) is 25.7 Å². The minimum atomic E-state index is -4.74. The van der Waals surface area contributed by atoms with Gasteiger partial charge in [0, 0.05) is 6.04 Å². The number of carbonyl (C=O) groups is 1. The average Bonchev–Trinajstić information content (AvgIpc) is 2.75. The Labute approximate surface area is 141 Å². The van der Waals surface area contributed by atoms with Crippen LogP contribution in [0.2, 0.25) is 0 Å². The van der Waals surface area contributed by atoms with Gasteiger partial charge < -0.3 is 10.1 Å². The number of aromatic nitrogens is 1. The minimum absolute atomic E-state index is 0.149. The van der Waals surface area contributed by atoms with Crippen LogP contribution in [0.15, 0.2) is 18.2 Å². The topological polar surface area (TPSA) is 51.2 Å². The highest BCUT2D eigenvalue weighted by molar-refractivity contribution is 7.20. The van der Waals surface area contributed by atoms with Gasteiger partial charge in [0.1, 0.15) is 5.75 Å². The van der Waals surface area contributed by atoms with Crippen LogP contribution in [0.3, 0.4) is 0 Å². The third-order valence-corrected chi connectivity index (χ3v) is 5.00. The van der Waals surface area contributed by atoms with E-state index in [2.05, 4.69) is 15.0 Å². The Bertz CT molecular complexity index is 722. The second-order valence-electron chi connectivity index (χ2n) is 5.86. The Hall–Kier alpha value is -1.83. The Morgan fingerprint density at radius 1 is 1.21 bits per heavy atom. The van der Waals surface area contributed by atoms with Crippen LogP contribution >= 0.6 is 11.3 Å². The lowest BCUT2D eigenvalue weighted by molar-refractivity contribution is -0.274. The maximum absolute atomic E-state index is 12.3. The van der Waals surface area contributed by atoms with Crippen LogP contribution in [0.25, 0.3) is 10.2 Å². The summed E-state index contributed by atoms with van der Waals surface area (Å²) >= 11 is 1.07. The predicted molar refractivity (Wildman–Crippen MR) is 85.3 cm³/mol. The second-order valence-corrected chi connectivity index (χ2v) is 6.89. The zero-order valence-electron chi connectivity index (χ0n) is 12.9. The number of halogens is 3. The van der Waals surface area contributed by atoms with E-state index in [-0.39, 0.29) is 22.7 Å². The van der Waals surface area contributed by atoms with Gasteiger partial charge in [-0.2, -0.15) is 0 Å². The molecule has 1 amide bonds. The van der Waals surface area contributed by atoms with Gasteiger partial charge in [0.05, 0.1) is 10.2 Å². The number of hydrogen-bond donors (Lipinski definition) is 1. The van der Waals surface area contributed by atoms with Crippen LogP contribution < -0.4 is 10.1 Å². The molecule has 1 fully saturated rings. The van der Waals surface area contributed by atoms with Crippen molar-refractivity contribution in [2.75, 3.05) is 0 Å². The fourth-order valence-electron chi connectivity index (χ4n) is 2.87. The molecule has 8 heteroatoms. The van der Waals surface area contributed by atoms with Crippen molar-refractivity contribution in [1.29, 1.82) is 0 Å². The Morgan fingerprint density at radius 2 is 1.92 bits per heavy atom. The molecule has 2 aromatic rings. The van der Waals surface area contributed by atoms with E-state index in [1.807, 2.05) is 0 Å².